The van der Waals surface area contributed by atoms with Crippen LogP contribution in [-0.2, 0) is 4.79 Å². The minimum absolute atomic E-state index is 0.0658. The van der Waals surface area contributed by atoms with Crippen LogP contribution in [0.1, 0.15) is 55.5 Å². The quantitative estimate of drug-likeness (QED) is 0.386. The molecule has 0 aliphatic heterocycles. The van der Waals surface area contributed by atoms with Crippen LogP contribution in [0.2, 0.25) is 0 Å². The maximum atomic E-state index is 12.5. The van der Waals surface area contributed by atoms with Gasteiger partial charge >= 0.3 is 0 Å². The van der Waals surface area contributed by atoms with Gasteiger partial charge in [0, 0.05) is 23.4 Å². The lowest BCUT2D eigenvalue weighted by Gasteiger charge is -2.15. The average molecular weight is 428 g/mol. The fraction of sp³-hybridized carbons (Fsp3) is 0.348. The standard InChI is InChI=1S/C23H29N3O3S/c1-4-6-7-15-29-18-13-11-17(12-14-18)22(28)26-23(30)25-20-10-8-9-19(16(20)3)24-21(27)5-2/h8-14H,4-7,15H2,1-3H3,(H,24,27)(H2,25,26,28,30). The lowest BCUT2D eigenvalue weighted by molar-refractivity contribution is -0.115. The van der Waals surface area contributed by atoms with Gasteiger partial charge in [0.1, 0.15) is 5.75 Å². The molecule has 7 heteroatoms. The highest BCUT2D eigenvalue weighted by Crippen LogP contribution is 2.23. The van der Waals surface area contributed by atoms with E-state index in [4.69, 9.17) is 17.0 Å². The molecule has 0 bridgehead atoms. The van der Waals surface area contributed by atoms with Gasteiger partial charge in [-0.2, -0.15) is 0 Å². The molecule has 0 fully saturated rings. The molecule has 0 heterocycles. The smallest absolute Gasteiger partial charge is 0.257 e. The summed E-state index contributed by atoms with van der Waals surface area (Å²) in [5.74, 6) is 0.368. The zero-order valence-corrected chi connectivity index (χ0v) is 18.5. The summed E-state index contributed by atoms with van der Waals surface area (Å²) >= 11 is 5.28. The van der Waals surface area contributed by atoms with Crippen LogP contribution in [0.25, 0.3) is 0 Å². The van der Waals surface area contributed by atoms with Crippen molar-refractivity contribution < 1.29 is 14.3 Å². The first-order valence-corrected chi connectivity index (χ1v) is 10.6. The van der Waals surface area contributed by atoms with Crippen molar-refractivity contribution in [2.75, 3.05) is 17.2 Å². The molecule has 2 amide bonds. The molecule has 2 aromatic rings. The molecule has 0 aliphatic carbocycles. The molecule has 0 unspecified atom stereocenters. The van der Waals surface area contributed by atoms with Crippen molar-refractivity contribution in [1.29, 1.82) is 0 Å². The van der Waals surface area contributed by atoms with E-state index in [0.29, 0.717) is 30.0 Å². The third-order valence-electron chi connectivity index (χ3n) is 4.54. The molecule has 3 N–H and O–H groups in total. The van der Waals surface area contributed by atoms with E-state index in [1.54, 1.807) is 31.2 Å². The fourth-order valence-corrected chi connectivity index (χ4v) is 2.92. The largest absolute Gasteiger partial charge is 0.494 e. The lowest BCUT2D eigenvalue weighted by atomic mass is 10.1. The molecule has 0 saturated carbocycles. The Morgan fingerprint density at radius 2 is 1.63 bits per heavy atom. The minimum atomic E-state index is -0.307. The molecule has 30 heavy (non-hydrogen) atoms. The summed E-state index contributed by atoms with van der Waals surface area (Å²) in [6.45, 7) is 6.49. The predicted molar refractivity (Wildman–Crippen MR) is 125 cm³/mol. The van der Waals surface area contributed by atoms with E-state index in [2.05, 4.69) is 22.9 Å². The van der Waals surface area contributed by atoms with Gasteiger partial charge in [-0.25, -0.2) is 0 Å². The number of unbranched alkanes of at least 4 members (excludes halogenated alkanes) is 2. The van der Waals surface area contributed by atoms with Crippen LogP contribution in [0.4, 0.5) is 11.4 Å². The summed E-state index contributed by atoms with van der Waals surface area (Å²) < 4.78 is 5.66. The zero-order chi connectivity index (χ0) is 21.9. The molecular weight excluding hydrogens is 398 g/mol. The van der Waals surface area contributed by atoms with E-state index in [-0.39, 0.29) is 16.9 Å². The molecule has 0 saturated heterocycles. The zero-order valence-electron chi connectivity index (χ0n) is 17.7. The van der Waals surface area contributed by atoms with Gasteiger partial charge in [-0.1, -0.05) is 32.8 Å². The van der Waals surface area contributed by atoms with Gasteiger partial charge in [-0.3, -0.25) is 14.9 Å². The Morgan fingerprint density at radius 3 is 2.27 bits per heavy atom. The summed E-state index contributed by atoms with van der Waals surface area (Å²) in [6, 6.07) is 12.4. The Labute approximate surface area is 183 Å². The first kappa shape index (κ1) is 23.3. The van der Waals surface area contributed by atoms with Crippen molar-refractivity contribution in [3.8, 4) is 5.75 Å². The van der Waals surface area contributed by atoms with Crippen LogP contribution in [0.5, 0.6) is 5.75 Å². The second-order valence-corrected chi connectivity index (χ2v) is 7.28. The third kappa shape index (κ3) is 7.15. The van der Waals surface area contributed by atoms with Crippen LogP contribution in [-0.4, -0.2) is 23.5 Å². The molecule has 2 aromatic carbocycles. The fourth-order valence-electron chi connectivity index (χ4n) is 2.72. The molecule has 6 nitrogen and oxygen atoms in total. The van der Waals surface area contributed by atoms with Crippen molar-refractivity contribution >= 4 is 40.5 Å². The Balaban J connectivity index is 1.92. The topological polar surface area (TPSA) is 79.5 Å². The molecule has 2 rings (SSSR count). The Hall–Kier alpha value is -2.93. The molecular formula is C23H29N3O3S. The lowest BCUT2D eigenvalue weighted by Crippen LogP contribution is -2.34. The molecule has 0 atom stereocenters. The van der Waals surface area contributed by atoms with Crippen LogP contribution < -0.4 is 20.7 Å². The van der Waals surface area contributed by atoms with Crippen molar-refractivity contribution in [1.82, 2.24) is 5.32 Å². The van der Waals surface area contributed by atoms with E-state index in [9.17, 15) is 9.59 Å². The number of anilines is 2. The second-order valence-electron chi connectivity index (χ2n) is 6.87. The van der Waals surface area contributed by atoms with Gasteiger partial charge < -0.3 is 15.4 Å². The Morgan fingerprint density at radius 1 is 0.967 bits per heavy atom. The van der Waals surface area contributed by atoms with Gasteiger partial charge in [-0.05, 0) is 67.5 Å². The monoisotopic (exact) mass is 427 g/mol. The van der Waals surface area contributed by atoms with Gasteiger partial charge in [0.15, 0.2) is 5.11 Å². The minimum Gasteiger partial charge on any atom is -0.494 e. The summed E-state index contributed by atoms with van der Waals surface area (Å²) in [4.78, 5) is 24.1. The van der Waals surface area contributed by atoms with E-state index >= 15 is 0 Å². The van der Waals surface area contributed by atoms with E-state index in [1.807, 2.05) is 25.1 Å². The average Bonchev–Trinajstić information content (AvgIpc) is 2.74. The van der Waals surface area contributed by atoms with Gasteiger partial charge in [0.2, 0.25) is 5.91 Å². The summed E-state index contributed by atoms with van der Waals surface area (Å²) in [7, 11) is 0. The SMILES string of the molecule is CCCCCOc1ccc(C(=O)NC(=S)Nc2cccc(NC(=O)CC)c2C)cc1. The van der Waals surface area contributed by atoms with E-state index in [1.165, 1.54) is 0 Å². The van der Waals surface area contributed by atoms with Crippen molar-refractivity contribution in [2.45, 2.75) is 46.5 Å². The predicted octanol–water partition coefficient (Wildman–Crippen LogP) is 5.04. The summed E-state index contributed by atoms with van der Waals surface area (Å²) in [5, 5.41) is 8.72. The highest BCUT2D eigenvalue weighted by atomic mass is 32.1. The van der Waals surface area contributed by atoms with Crippen molar-refractivity contribution in [2.24, 2.45) is 0 Å². The normalized spacial score (nSPS) is 10.2. The van der Waals surface area contributed by atoms with Crippen LogP contribution in [0, 0.1) is 6.92 Å². The molecule has 0 aromatic heterocycles. The number of rotatable bonds is 9. The number of ether oxygens (including phenoxy) is 1. The number of carbonyl (C=O) groups excluding carboxylic acids is 2. The number of hydrogen-bond donors (Lipinski definition) is 3. The molecule has 0 radical (unpaired) electrons. The highest BCUT2D eigenvalue weighted by Gasteiger charge is 2.11. The maximum absolute atomic E-state index is 12.5. The first-order chi connectivity index (χ1) is 14.4. The number of nitrogens with one attached hydrogen (secondary N) is 3. The van der Waals surface area contributed by atoms with Gasteiger partial charge in [0.05, 0.1) is 6.61 Å². The maximum Gasteiger partial charge on any atom is 0.257 e. The second kappa shape index (κ2) is 11.9. The van der Waals surface area contributed by atoms with Gasteiger partial charge in [-0.15, -0.1) is 0 Å². The molecule has 0 spiro atoms. The van der Waals surface area contributed by atoms with E-state index in [0.717, 1.165) is 30.6 Å². The van der Waals surface area contributed by atoms with Gasteiger partial charge in [0.25, 0.3) is 5.91 Å². The molecule has 160 valence electrons. The number of carbonyl (C=O) groups is 2. The van der Waals surface area contributed by atoms with Crippen LogP contribution in [0.3, 0.4) is 0 Å². The van der Waals surface area contributed by atoms with Crippen LogP contribution in [0.15, 0.2) is 42.5 Å². The number of hydrogen-bond acceptors (Lipinski definition) is 4. The summed E-state index contributed by atoms with van der Waals surface area (Å²) in [5.41, 5.74) is 2.74. The van der Waals surface area contributed by atoms with Crippen molar-refractivity contribution in [3.05, 3.63) is 53.6 Å². The summed E-state index contributed by atoms with van der Waals surface area (Å²) in [6.07, 6.45) is 3.70. The number of benzene rings is 2. The highest BCUT2D eigenvalue weighted by molar-refractivity contribution is 7.80. The Kier molecular flexibility index (Phi) is 9.28. The van der Waals surface area contributed by atoms with E-state index < -0.39 is 0 Å². The first-order valence-electron chi connectivity index (χ1n) is 10.2. The third-order valence-corrected chi connectivity index (χ3v) is 4.74. The van der Waals surface area contributed by atoms with Crippen LogP contribution >= 0.6 is 12.2 Å². The molecule has 0 aliphatic rings. The number of amides is 2. The number of thiocarbonyl (C=S) groups is 1. The Bertz CT molecular complexity index is 882. The van der Waals surface area contributed by atoms with Crippen molar-refractivity contribution in [3.63, 3.8) is 0 Å².